The molecule has 4 rings (SSSR count). The smallest absolute Gasteiger partial charge is 0.262 e. The van der Waals surface area contributed by atoms with Crippen molar-refractivity contribution in [2.45, 2.75) is 6.42 Å². The lowest BCUT2D eigenvalue weighted by Gasteiger charge is -2.14. The topological polar surface area (TPSA) is 123 Å². The van der Waals surface area contributed by atoms with Crippen LogP contribution in [-0.4, -0.2) is 22.3 Å². The monoisotopic (exact) mass is 310 g/mol. The molecule has 2 aliphatic heterocycles. The molecule has 0 saturated heterocycles. The number of fused-ring (bicyclic) bond motifs is 2. The summed E-state index contributed by atoms with van der Waals surface area (Å²) in [4.78, 5) is 47.6. The zero-order valence-electron chi connectivity index (χ0n) is 11.7. The maximum atomic E-state index is 12.4. The van der Waals surface area contributed by atoms with Gasteiger partial charge in [0, 0.05) is 17.3 Å². The summed E-state index contributed by atoms with van der Waals surface area (Å²) in [6.07, 6.45) is 0.111. The number of nitrogens with one attached hydrogen (secondary N) is 2. The van der Waals surface area contributed by atoms with E-state index in [-0.39, 0.29) is 29.3 Å². The summed E-state index contributed by atoms with van der Waals surface area (Å²) in [5.41, 5.74) is 7.03. The van der Waals surface area contributed by atoms with Crippen LogP contribution in [0.4, 0.5) is 11.5 Å². The van der Waals surface area contributed by atoms with Crippen LogP contribution in [0.3, 0.4) is 0 Å². The van der Waals surface area contributed by atoms with Crippen LogP contribution in [0.2, 0.25) is 0 Å². The van der Waals surface area contributed by atoms with Gasteiger partial charge in [-0.2, -0.15) is 0 Å². The highest BCUT2D eigenvalue weighted by atomic mass is 16.2. The van der Waals surface area contributed by atoms with E-state index >= 15 is 0 Å². The first-order valence-electron chi connectivity index (χ1n) is 6.80. The zero-order valence-corrected chi connectivity index (χ0v) is 11.7. The average Bonchev–Trinajstić information content (AvgIpc) is 2.99. The number of nitrogens with zero attached hydrogens (tertiary/aromatic N) is 1. The van der Waals surface area contributed by atoms with Crippen LogP contribution in [0.1, 0.15) is 26.3 Å². The van der Waals surface area contributed by atoms with Crippen LogP contribution in [0.15, 0.2) is 29.1 Å². The molecular weight excluding hydrogens is 300 g/mol. The highest BCUT2D eigenvalue weighted by Gasteiger charge is 2.32. The number of imide groups is 1. The highest BCUT2D eigenvalue weighted by molar-refractivity contribution is 6.23. The van der Waals surface area contributed by atoms with Crippen LogP contribution >= 0.6 is 0 Å². The molecule has 0 aliphatic carbocycles. The number of carbonyl (C=O) groups is 3. The van der Waals surface area contributed by atoms with Crippen molar-refractivity contribution in [1.29, 1.82) is 0 Å². The fraction of sp³-hybridized carbons (Fsp3) is 0.0667. The van der Waals surface area contributed by atoms with Crippen LogP contribution in [-0.2, 0) is 11.2 Å². The third kappa shape index (κ3) is 1.71. The van der Waals surface area contributed by atoms with Crippen molar-refractivity contribution in [3.05, 3.63) is 51.3 Å². The van der Waals surface area contributed by atoms with E-state index in [1.807, 2.05) is 0 Å². The van der Waals surface area contributed by atoms with Crippen LogP contribution in [0.5, 0.6) is 0 Å². The second kappa shape index (κ2) is 4.29. The van der Waals surface area contributed by atoms with Crippen LogP contribution < -0.4 is 21.9 Å². The van der Waals surface area contributed by atoms with E-state index in [1.165, 1.54) is 0 Å². The number of anilines is 2. The Morgan fingerprint density at radius 3 is 2.61 bits per heavy atom. The van der Waals surface area contributed by atoms with E-state index in [9.17, 15) is 19.2 Å². The first-order valence-corrected chi connectivity index (χ1v) is 6.80. The number of aromatic nitrogens is 1. The lowest BCUT2D eigenvalue weighted by Crippen LogP contribution is -2.24. The highest BCUT2D eigenvalue weighted by Crippen LogP contribution is 2.31. The van der Waals surface area contributed by atoms with Crippen molar-refractivity contribution in [3.8, 4) is 5.69 Å². The van der Waals surface area contributed by atoms with E-state index in [0.29, 0.717) is 16.9 Å². The number of hydrogen-bond donors (Lipinski definition) is 3. The summed E-state index contributed by atoms with van der Waals surface area (Å²) in [6, 6.07) is 6.10. The minimum Gasteiger partial charge on any atom is -0.384 e. The zero-order chi connectivity index (χ0) is 16.3. The predicted molar refractivity (Wildman–Crippen MR) is 80.6 cm³/mol. The summed E-state index contributed by atoms with van der Waals surface area (Å²) in [7, 11) is 0. The molecule has 114 valence electrons. The molecule has 1 aromatic carbocycles. The number of pyridine rings is 1. The molecule has 23 heavy (non-hydrogen) atoms. The quantitative estimate of drug-likeness (QED) is 0.629. The molecule has 0 atom stereocenters. The normalized spacial score (nSPS) is 15.2. The van der Waals surface area contributed by atoms with Crippen molar-refractivity contribution in [2.75, 3.05) is 11.1 Å². The van der Waals surface area contributed by atoms with Crippen molar-refractivity contribution >= 4 is 29.2 Å². The van der Waals surface area contributed by atoms with Gasteiger partial charge in [0.15, 0.2) is 0 Å². The average molecular weight is 310 g/mol. The molecule has 0 unspecified atom stereocenters. The molecule has 4 N–H and O–H groups in total. The van der Waals surface area contributed by atoms with Crippen molar-refractivity contribution in [1.82, 2.24) is 9.88 Å². The number of carbonyl (C=O) groups excluding carboxylic acids is 3. The summed E-state index contributed by atoms with van der Waals surface area (Å²) in [6.45, 7) is 0. The maximum Gasteiger partial charge on any atom is 0.262 e. The van der Waals surface area contributed by atoms with Gasteiger partial charge in [-0.15, -0.1) is 0 Å². The molecule has 0 fully saturated rings. The Hall–Kier alpha value is -3.42. The molecule has 8 nitrogen and oxygen atoms in total. The number of benzene rings is 1. The van der Waals surface area contributed by atoms with Gasteiger partial charge in [-0.1, -0.05) is 6.07 Å². The van der Waals surface area contributed by atoms with E-state index < -0.39 is 17.4 Å². The van der Waals surface area contributed by atoms with Gasteiger partial charge in [0.25, 0.3) is 17.4 Å². The van der Waals surface area contributed by atoms with E-state index in [0.717, 1.165) is 10.6 Å². The molecular formula is C15H10N4O4. The molecule has 8 heteroatoms. The van der Waals surface area contributed by atoms with Gasteiger partial charge < -0.3 is 11.1 Å². The summed E-state index contributed by atoms with van der Waals surface area (Å²) in [5.74, 6) is -1.59. The van der Waals surface area contributed by atoms with Crippen molar-refractivity contribution in [2.24, 2.45) is 0 Å². The molecule has 3 heterocycles. The third-order valence-electron chi connectivity index (χ3n) is 3.96. The van der Waals surface area contributed by atoms with Crippen molar-refractivity contribution in [3.63, 3.8) is 0 Å². The second-order valence-corrected chi connectivity index (χ2v) is 5.30. The number of hydrogen-bond acceptors (Lipinski definition) is 5. The minimum absolute atomic E-state index is 0.0236. The fourth-order valence-electron chi connectivity index (χ4n) is 2.97. The SMILES string of the molecule is Nc1c2c(cc(=O)n1-c1cccc3c1CC(=O)N3)C(=O)NC2=O. The Kier molecular flexibility index (Phi) is 2.47. The van der Waals surface area contributed by atoms with Gasteiger partial charge >= 0.3 is 0 Å². The predicted octanol–water partition coefficient (Wildman–Crippen LogP) is -0.202. The number of rotatable bonds is 1. The Morgan fingerprint density at radius 2 is 1.83 bits per heavy atom. The fourth-order valence-corrected chi connectivity index (χ4v) is 2.97. The largest absolute Gasteiger partial charge is 0.384 e. The Balaban J connectivity index is 2.03. The first kappa shape index (κ1) is 13.3. The standard InChI is InChI=1S/C15H10N4O4/c16-13-12-7(14(22)18-15(12)23)5-11(21)19(13)9-3-1-2-8-6(9)4-10(20)17-8/h1-3,5H,4,16H2,(H,17,20)(H,18,22,23). The third-order valence-corrected chi connectivity index (χ3v) is 3.96. The van der Waals surface area contributed by atoms with E-state index in [4.69, 9.17) is 5.73 Å². The van der Waals surface area contributed by atoms with E-state index in [2.05, 4.69) is 10.6 Å². The second-order valence-electron chi connectivity index (χ2n) is 5.30. The summed E-state index contributed by atoms with van der Waals surface area (Å²) < 4.78 is 1.15. The summed E-state index contributed by atoms with van der Waals surface area (Å²) >= 11 is 0. The van der Waals surface area contributed by atoms with Gasteiger partial charge in [-0.05, 0) is 12.1 Å². The van der Waals surface area contributed by atoms with Gasteiger partial charge in [0.1, 0.15) is 5.82 Å². The van der Waals surface area contributed by atoms with Crippen LogP contribution in [0.25, 0.3) is 5.69 Å². The molecule has 0 bridgehead atoms. The van der Waals surface area contributed by atoms with Gasteiger partial charge in [-0.25, -0.2) is 0 Å². The molecule has 0 saturated carbocycles. The lowest BCUT2D eigenvalue weighted by molar-refractivity contribution is -0.115. The first-order chi connectivity index (χ1) is 11.0. The van der Waals surface area contributed by atoms with Crippen LogP contribution in [0, 0.1) is 0 Å². The van der Waals surface area contributed by atoms with Gasteiger partial charge in [-0.3, -0.25) is 29.1 Å². The minimum atomic E-state index is -0.643. The van der Waals surface area contributed by atoms with Gasteiger partial charge in [0.05, 0.1) is 23.2 Å². The molecule has 1 aromatic heterocycles. The number of amides is 3. The van der Waals surface area contributed by atoms with Crippen molar-refractivity contribution < 1.29 is 14.4 Å². The molecule has 2 aliphatic rings. The molecule has 0 spiro atoms. The maximum absolute atomic E-state index is 12.4. The number of nitrogen functional groups attached to an aromatic ring is 1. The number of nitrogens with two attached hydrogens (primary N) is 1. The molecule has 0 radical (unpaired) electrons. The summed E-state index contributed by atoms with van der Waals surface area (Å²) in [5, 5.41) is 4.80. The lowest BCUT2D eigenvalue weighted by atomic mass is 10.1. The van der Waals surface area contributed by atoms with E-state index in [1.54, 1.807) is 18.2 Å². The Bertz CT molecular complexity index is 990. The van der Waals surface area contributed by atoms with Gasteiger partial charge in [0.2, 0.25) is 5.91 Å². The molecule has 2 aromatic rings. The molecule has 3 amide bonds. The Labute approximate surface area is 128 Å². The Morgan fingerprint density at radius 1 is 1.04 bits per heavy atom.